The van der Waals surface area contributed by atoms with Crippen LogP contribution in [0, 0.1) is 0 Å². The Morgan fingerprint density at radius 2 is 2.00 bits per heavy atom. The molecule has 1 aromatic rings. The maximum atomic E-state index is 5.08. The second-order valence-corrected chi connectivity index (χ2v) is 2.98. The Morgan fingerprint density at radius 1 is 1.29 bits per heavy atom. The lowest BCUT2D eigenvalue weighted by molar-refractivity contribution is 0.415. The van der Waals surface area contributed by atoms with Gasteiger partial charge in [-0.15, -0.1) is 0 Å². The van der Waals surface area contributed by atoms with E-state index in [-0.39, 0.29) is 0 Å². The molecule has 0 aliphatic carbocycles. The van der Waals surface area contributed by atoms with Crippen LogP contribution in [0.2, 0.25) is 0 Å². The van der Waals surface area contributed by atoms with Gasteiger partial charge in [-0.3, -0.25) is 0 Å². The molecule has 76 valence electrons. The number of methoxy groups -OCH3 is 1. The normalized spacial score (nSPS) is 10.7. The monoisotopic (exact) mass is 191 g/mol. The van der Waals surface area contributed by atoms with E-state index in [0.29, 0.717) is 0 Å². The van der Waals surface area contributed by atoms with Gasteiger partial charge in [-0.1, -0.05) is 31.2 Å². The van der Waals surface area contributed by atoms with Crippen LogP contribution in [0.15, 0.2) is 30.3 Å². The van der Waals surface area contributed by atoms with Gasteiger partial charge in [0, 0.05) is 6.54 Å². The molecule has 2 nitrogen and oxygen atoms in total. The third-order valence-corrected chi connectivity index (χ3v) is 1.94. The van der Waals surface area contributed by atoms with Crippen molar-refractivity contribution in [1.29, 1.82) is 0 Å². The summed E-state index contributed by atoms with van der Waals surface area (Å²) in [5, 5.41) is 3.23. The molecule has 1 aromatic carbocycles. The number of hydrogen-bond acceptors (Lipinski definition) is 2. The van der Waals surface area contributed by atoms with Gasteiger partial charge < -0.3 is 10.1 Å². The number of ether oxygens (including phenoxy) is 1. The molecular formula is C12H17NO. The zero-order valence-electron chi connectivity index (χ0n) is 8.79. The van der Waals surface area contributed by atoms with Gasteiger partial charge in [0.1, 0.15) is 5.75 Å². The van der Waals surface area contributed by atoms with Gasteiger partial charge in [-0.2, -0.15) is 0 Å². The second-order valence-electron chi connectivity index (χ2n) is 2.98. The van der Waals surface area contributed by atoms with Crippen LogP contribution in [0.1, 0.15) is 12.5 Å². The van der Waals surface area contributed by atoms with E-state index in [1.807, 2.05) is 24.3 Å². The Labute approximate surface area is 85.6 Å². The number of likely N-dealkylation sites (N-methyl/N-ethyl adjacent to an activating group) is 1. The van der Waals surface area contributed by atoms with Gasteiger partial charge in [0.05, 0.1) is 7.11 Å². The Balaban J connectivity index is 2.47. The lowest BCUT2D eigenvalue weighted by Gasteiger charge is -1.99. The fraction of sp³-hybridized carbons (Fsp3) is 0.333. The van der Waals surface area contributed by atoms with E-state index < -0.39 is 0 Å². The third-order valence-electron chi connectivity index (χ3n) is 1.94. The van der Waals surface area contributed by atoms with Crippen molar-refractivity contribution < 1.29 is 4.74 Å². The third kappa shape index (κ3) is 3.62. The van der Waals surface area contributed by atoms with Crippen LogP contribution >= 0.6 is 0 Å². The predicted octanol–water partition coefficient (Wildman–Crippen LogP) is 2.32. The van der Waals surface area contributed by atoms with E-state index in [0.717, 1.165) is 18.8 Å². The largest absolute Gasteiger partial charge is 0.497 e. The van der Waals surface area contributed by atoms with Crippen molar-refractivity contribution in [1.82, 2.24) is 5.32 Å². The van der Waals surface area contributed by atoms with Crippen LogP contribution in [0.3, 0.4) is 0 Å². The molecule has 0 aromatic heterocycles. The van der Waals surface area contributed by atoms with Crippen molar-refractivity contribution in [3.63, 3.8) is 0 Å². The molecule has 14 heavy (non-hydrogen) atoms. The van der Waals surface area contributed by atoms with Gasteiger partial charge in [-0.05, 0) is 24.2 Å². The molecule has 0 bridgehead atoms. The molecule has 0 saturated carbocycles. The predicted molar refractivity (Wildman–Crippen MR) is 60.6 cm³/mol. The zero-order chi connectivity index (χ0) is 10.2. The van der Waals surface area contributed by atoms with Gasteiger partial charge in [0.15, 0.2) is 0 Å². The first-order valence-electron chi connectivity index (χ1n) is 4.88. The number of benzene rings is 1. The zero-order valence-corrected chi connectivity index (χ0v) is 8.79. The van der Waals surface area contributed by atoms with E-state index in [9.17, 15) is 0 Å². The molecule has 0 fully saturated rings. The standard InChI is InChI=1S/C12H17NO/c1-3-13-10-4-5-11-6-8-12(14-2)9-7-11/h4-9,13H,3,10H2,1-2H3. The molecule has 1 rings (SSSR count). The van der Waals surface area contributed by atoms with Gasteiger partial charge in [0.2, 0.25) is 0 Å². The molecule has 1 N–H and O–H groups in total. The molecule has 0 saturated heterocycles. The minimum atomic E-state index is 0.897. The van der Waals surface area contributed by atoms with Crippen LogP contribution in [-0.4, -0.2) is 20.2 Å². The molecular weight excluding hydrogens is 174 g/mol. The lowest BCUT2D eigenvalue weighted by Crippen LogP contribution is -2.11. The molecule has 0 spiro atoms. The second kappa shape index (κ2) is 6.22. The van der Waals surface area contributed by atoms with Crippen molar-refractivity contribution >= 4 is 6.08 Å². The SMILES string of the molecule is CCNCC=Cc1ccc(OC)cc1. The first-order chi connectivity index (χ1) is 6.86. The Kier molecular flexibility index (Phi) is 4.79. The molecule has 0 unspecified atom stereocenters. The maximum absolute atomic E-state index is 5.08. The Bertz CT molecular complexity index is 277. The Hall–Kier alpha value is -1.28. The van der Waals surface area contributed by atoms with Crippen molar-refractivity contribution in [3.05, 3.63) is 35.9 Å². The maximum Gasteiger partial charge on any atom is 0.118 e. The Morgan fingerprint density at radius 3 is 2.57 bits per heavy atom. The first kappa shape index (κ1) is 10.8. The van der Waals surface area contributed by atoms with Crippen LogP contribution in [0.25, 0.3) is 6.08 Å². The van der Waals surface area contributed by atoms with Gasteiger partial charge in [0.25, 0.3) is 0 Å². The van der Waals surface area contributed by atoms with E-state index in [1.54, 1.807) is 7.11 Å². The van der Waals surface area contributed by atoms with Crippen molar-refractivity contribution in [2.75, 3.05) is 20.2 Å². The summed E-state index contributed by atoms with van der Waals surface area (Å²) in [4.78, 5) is 0. The van der Waals surface area contributed by atoms with Crippen molar-refractivity contribution in [2.24, 2.45) is 0 Å². The fourth-order valence-electron chi connectivity index (χ4n) is 1.14. The van der Waals surface area contributed by atoms with E-state index in [2.05, 4.69) is 24.4 Å². The summed E-state index contributed by atoms with van der Waals surface area (Å²) in [6, 6.07) is 8.02. The average molecular weight is 191 g/mol. The molecule has 0 heterocycles. The van der Waals surface area contributed by atoms with Crippen LogP contribution < -0.4 is 10.1 Å². The fourth-order valence-corrected chi connectivity index (χ4v) is 1.14. The lowest BCUT2D eigenvalue weighted by atomic mass is 10.2. The highest BCUT2D eigenvalue weighted by molar-refractivity contribution is 5.50. The highest BCUT2D eigenvalue weighted by Gasteiger charge is 1.88. The molecule has 0 atom stereocenters. The number of hydrogen-bond donors (Lipinski definition) is 1. The van der Waals surface area contributed by atoms with E-state index >= 15 is 0 Å². The van der Waals surface area contributed by atoms with Crippen LogP contribution in [0.5, 0.6) is 5.75 Å². The van der Waals surface area contributed by atoms with Crippen molar-refractivity contribution in [2.45, 2.75) is 6.92 Å². The molecule has 0 radical (unpaired) electrons. The molecule has 0 amide bonds. The van der Waals surface area contributed by atoms with Gasteiger partial charge in [-0.25, -0.2) is 0 Å². The van der Waals surface area contributed by atoms with Crippen molar-refractivity contribution in [3.8, 4) is 5.75 Å². The summed E-state index contributed by atoms with van der Waals surface area (Å²) in [6.45, 7) is 4.02. The topological polar surface area (TPSA) is 21.3 Å². The van der Waals surface area contributed by atoms with Gasteiger partial charge >= 0.3 is 0 Å². The summed E-state index contributed by atoms with van der Waals surface area (Å²) < 4.78 is 5.08. The minimum Gasteiger partial charge on any atom is -0.497 e. The van der Waals surface area contributed by atoms with E-state index in [4.69, 9.17) is 4.74 Å². The highest BCUT2D eigenvalue weighted by atomic mass is 16.5. The minimum absolute atomic E-state index is 0.897. The average Bonchev–Trinajstić information content (AvgIpc) is 2.25. The van der Waals surface area contributed by atoms with E-state index in [1.165, 1.54) is 5.56 Å². The summed E-state index contributed by atoms with van der Waals surface area (Å²) in [5.74, 6) is 0.897. The number of nitrogens with one attached hydrogen (secondary N) is 1. The highest BCUT2D eigenvalue weighted by Crippen LogP contribution is 2.11. The smallest absolute Gasteiger partial charge is 0.118 e. The summed E-state index contributed by atoms with van der Waals surface area (Å²) in [7, 11) is 1.68. The molecule has 0 aliphatic heterocycles. The first-order valence-corrected chi connectivity index (χ1v) is 4.88. The molecule has 0 aliphatic rings. The van der Waals surface area contributed by atoms with Crippen LogP contribution in [0.4, 0.5) is 0 Å². The summed E-state index contributed by atoms with van der Waals surface area (Å²) in [6.07, 6.45) is 4.22. The summed E-state index contributed by atoms with van der Waals surface area (Å²) in [5.41, 5.74) is 1.20. The number of rotatable bonds is 5. The quantitative estimate of drug-likeness (QED) is 0.721. The summed E-state index contributed by atoms with van der Waals surface area (Å²) >= 11 is 0. The molecule has 2 heteroatoms. The van der Waals surface area contributed by atoms with Crippen LogP contribution in [-0.2, 0) is 0 Å².